The summed E-state index contributed by atoms with van der Waals surface area (Å²) < 4.78 is 110. The zero-order chi connectivity index (χ0) is 75.5. The number of aliphatic carboxylic acids is 2. The molecule has 21 heteroatoms. The van der Waals surface area contributed by atoms with E-state index in [1.165, 1.54) is 308 Å². The topological polar surface area (TPSA) is 265 Å². The van der Waals surface area contributed by atoms with Gasteiger partial charge in [-0.25, -0.2) is 33.7 Å². The zero-order valence-corrected chi connectivity index (χ0v) is 75.4. The van der Waals surface area contributed by atoms with Crippen molar-refractivity contribution in [3.8, 4) is 0 Å². The Labute approximate surface area is 679 Å². The van der Waals surface area contributed by atoms with E-state index in [9.17, 15) is 53.5 Å². The number of sulfonamides is 4. The van der Waals surface area contributed by atoms with Gasteiger partial charge in [-0.2, -0.15) is 18.9 Å². The average Bonchev–Trinajstić information content (AvgIpc) is 0.888. The molecular formula is C82H166BaN4O12S4. The summed E-state index contributed by atoms with van der Waals surface area (Å²) in [4.78, 5) is 22.5. The first-order valence-corrected chi connectivity index (χ1v) is 50.2. The van der Waals surface area contributed by atoms with Crippen molar-refractivity contribution >= 4 is 101 Å². The smallest absolute Gasteiger partial charge is 0.550 e. The normalized spacial score (nSPS) is 12.2. The third kappa shape index (κ3) is 87.6. The molecule has 16 nitrogen and oxygen atoms in total. The largest absolute Gasteiger partial charge is 2.00 e. The fourth-order valence-corrected chi connectivity index (χ4v) is 19.0. The summed E-state index contributed by atoms with van der Waals surface area (Å²) >= 11 is 0. The maximum absolute atomic E-state index is 12.6. The van der Waals surface area contributed by atoms with Crippen LogP contribution in [0.2, 0.25) is 0 Å². The van der Waals surface area contributed by atoms with Crippen molar-refractivity contribution in [3.63, 3.8) is 0 Å². The van der Waals surface area contributed by atoms with E-state index in [0.29, 0.717) is 25.7 Å². The van der Waals surface area contributed by atoms with E-state index in [-0.39, 0.29) is 71.9 Å². The van der Waals surface area contributed by atoms with Crippen molar-refractivity contribution in [1.29, 1.82) is 0 Å². The number of hydrogen-bond donors (Lipinski definition) is 4. The number of rotatable bonds is 84. The van der Waals surface area contributed by atoms with Crippen molar-refractivity contribution in [2.45, 2.75) is 489 Å². The monoisotopic (exact) mass is 1670 g/mol. The van der Waals surface area contributed by atoms with Crippen LogP contribution >= 0.6 is 0 Å². The molecule has 103 heavy (non-hydrogen) atoms. The molecule has 0 aliphatic rings. The SMILES string of the molecule is CCCCCCCCCCCCCCCCCCCS(=O)(=O)NC(CC(=O)[O-])NS(=O)(=O)CCCCCCCCCCCCCCCCCCC.CCCCCCCCCCCCCCCCCCCS(=O)(=O)NC(CC(=O)[O-])NS(=O)(=O)CCCCCCCCCCCCCCCCCCC.[Ba+2]. The molecule has 0 aromatic carbocycles. The van der Waals surface area contributed by atoms with Crippen LogP contribution in [-0.2, 0) is 49.7 Å². The fourth-order valence-electron chi connectivity index (χ4n) is 13.7. The second kappa shape index (κ2) is 80.2. The van der Waals surface area contributed by atoms with E-state index < -0.39 is 77.2 Å². The molecule has 0 saturated carbocycles. The molecule has 0 amide bonds. The van der Waals surface area contributed by atoms with Crippen molar-refractivity contribution in [3.05, 3.63) is 0 Å². The summed E-state index contributed by atoms with van der Waals surface area (Å²) in [6, 6.07) is 0. The molecule has 0 spiro atoms. The summed E-state index contributed by atoms with van der Waals surface area (Å²) in [7, 11) is -15.4. The van der Waals surface area contributed by atoms with Crippen LogP contribution < -0.4 is 29.1 Å². The Morgan fingerprint density at radius 1 is 0.204 bits per heavy atom. The Hall–Kier alpha value is 0.151. The predicted octanol–water partition coefficient (Wildman–Crippen LogP) is 20.8. The van der Waals surface area contributed by atoms with Crippen molar-refractivity contribution in [2.24, 2.45) is 0 Å². The quantitative estimate of drug-likeness (QED) is 0.0252. The average molecular weight is 1670 g/mol. The maximum atomic E-state index is 12.6. The first-order chi connectivity index (χ1) is 49.2. The molecule has 0 bridgehead atoms. The molecule has 612 valence electrons. The van der Waals surface area contributed by atoms with Gasteiger partial charge >= 0.3 is 48.9 Å². The van der Waals surface area contributed by atoms with Crippen LogP contribution in [0.15, 0.2) is 0 Å². The van der Waals surface area contributed by atoms with E-state index in [4.69, 9.17) is 0 Å². The van der Waals surface area contributed by atoms with E-state index >= 15 is 0 Å². The van der Waals surface area contributed by atoms with Crippen molar-refractivity contribution < 1.29 is 53.5 Å². The number of carboxylic acid groups (broad SMARTS) is 2. The summed E-state index contributed by atoms with van der Waals surface area (Å²) in [5.74, 6) is -3.65. The van der Waals surface area contributed by atoms with Gasteiger partial charge in [0.25, 0.3) is 0 Å². The third-order valence-corrected chi connectivity index (χ3v) is 26.0. The minimum atomic E-state index is -3.84. The number of carbonyl (C=O) groups excluding carboxylic acids is 2. The van der Waals surface area contributed by atoms with E-state index in [0.717, 1.165) is 103 Å². The van der Waals surface area contributed by atoms with Gasteiger partial charge in [0.05, 0.1) is 35.3 Å². The van der Waals surface area contributed by atoms with Gasteiger partial charge in [-0.3, -0.25) is 0 Å². The van der Waals surface area contributed by atoms with Gasteiger partial charge in [0.2, 0.25) is 40.1 Å². The second-order valence-electron chi connectivity index (χ2n) is 30.6. The minimum Gasteiger partial charge on any atom is -0.550 e. The van der Waals surface area contributed by atoms with Gasteiger partial charge in [0, 0.05) is 24.8 Å². The van der Waals surface area contributed by atoms with E-state index in [1.54, 1.807) is 0 Å². The Morgan fingerprint density at radius 3 is 0.398 bits per heavy atom. The van der Waals surface area contributed by atoms with Crippen molar-refractivity contribution in [2.75, 3.05) is 23.0 Å². The van der Waals surface area contributed by atoms with Crippen LogP contribution in [0.3, 0.4) is 0 Å². The zero-order valence-electron chi connectivity index (χ0n) is 67.7. The Kier molecular flexibility index (Phi) is 83.6. The number of carbonyl (C=O) groups is 2. The summed E-state index contributed by atoms with van der Waals surface area (Å²) in [6.07, 6.45) is 77.5. The number of carboxylic acids is 2. The predicted molar refractivity (Wildman–Crippen MR) is 437 cm³/mol. The number of nitrogens with one attached hydrogen (secondary N) is 4. The van der Waals surface area contributed by atoms with Gasteiger partial charge < -0.3 is 19.8 Å². The molecule has 0 heterocycles. The molecule has 0 aliphatic heterocycles. The van der Waals surface area contributed by atoms with Gasteiger partial charge in [-0.15, -0.1) is 0 Å². The molecule has 0 aromatic rings. The van der Waals surface area contributed by atoms with Gasteiger partial charge in [0.1, 0.15) is 0 Å². The number of hydrogen-bond acceptors (Lipinski definition) is 12. The Morgan fingerprint density at radius 2 is 0.301 bits per heavy atom. The van der Waals surface area contributed by atoms with Crippen LogP contribution in [0, 0.1) is 0 Å². The molecule has 0 atom stereocenters. The number of unbranched alkanes of at least 4 members (excludes halogenated alkanes) is 64. The molecule has 4 N–H and O–H groups in total. The molecule has 0 aliphatic carbocycles. The summed E-state index contributed by atoms with van der Waals surface area (Å²) in [5, 5.41) is 22.5. The van der Waals surface area contributed by atoms with E-state index in [1.807, 2.05) is 0 Å². The fraction of sp³-hybridized carbons (Fsp3) is 0.976. The van der Waals surface area contributed by atoms with Crippen LogP contribution in [0.25, 0.3) is 0 Å². The first kappa shape index (κ1) is 107. The van der Waals surface area contributed by atoms with Crippen LogP contribution in [-0.4, -0.2) is 130 Å². The molecule has 0 radical (unpaired) electrons. The Bertz CT molecular complexity index is 1970. The molecule has 0 aromatic heterocycles. The summed E-state index contributed by atoms with van der Waals surface area (Å²) in [6.45, 7) is 9.02. The third-order valence-electron chi connectivity index (χ3n) is 20.1. The second-order valence-corrected chi connectivity index (χ2v) is 38.1. The van der Waals surface area contributed by atoms with Gasteiger partial charge in [0.15, 0.2) is 0 Å². The van der Waals surface area contributed by atoms with Gasteiger partial charge in [-0.05, 0) is 25.7 Å². The molecule has 0 fully saturated rings. The van der Waals surface area contributed by atoms with Crippen molar-refractivity contribution in [1.82, 2.24) is 18.9 Å². The Balaban J connectivity index is -0.00000192. The molecular weight excluding hydrogens is 1500 g/mol. The standard InChI is InChI=1S/2C41H84N2O6S2.Ba/c2*1-3-5-7-9-11-13-15-17-19-21-23-25-27-29-31-33-35-37-50(46,47)42-40(39-41(44)45)43-51(48,49)38-36-34-32-30-28-26-24-22-20-18-16-14-12-10-8-6-4-2;/h2*40,42-43H,3-39H2,1-2H3,(H,44,45);/q;;+2/p-2. The summed E-state index contributed by atoms with van der Waals surface area (Å²) in [5.41, 5.74) is 0. The minimum absolute atomic E-state index is 0. The maximum Gasteiger partial charge on any atom is 2.00 e. The van der Waals surface area contributed by atoms with Gasteiger partial charge in [-0.1, -0.05) is 439 Å². The first-order valence-electron chi connectivity index (χ1n) is 43.6. The molecule has 0 saturated heterocycles. The molecule has 0 rings (SSSR count). The van der Waals surface area contributed by atoms with Crippen LogP contribution in [0.4, 0.5) is 0 Å². The van der Waals surface area contributed by atoms with Crippen LogP contribution in [0.5, 0.6) is 0 Å². The molecule has 0 unspecified atom stereocenters. The van der Waals surface area contributed by atoms with Crippen LogP contribution in [0.1, 0.15) is 477 Å². The van der Waals surface area contributed by atoms with E-state index in [2.05, 4.69) is 46.6 Å².